The van der Waals surface area contributed by atoms with Crippen LogP contribution in [0.4, 0.5) is 5.95 Å². The first-order valence-electron chi connectivity index (χ1n) is 4.57. The summed E-state index contributed by atoms with van der Waals surface area (Å²) in [6.45, 7) is 0. The highest BCUT2D eigenvalue weighted by Crippen LogP contribution is 2.21. The van der Waals surface area contributed by atoms with E-state index < -0.39 is 0 Å². The van der Waals surface area contributed by atoms with E-state index in [1.165, 1.54) is 0 Å². The van der Waals surface area contributed by atoms with E-state index in [0.717, 1.165) is 10.9 Å². The van der Waals surface area contributed by atoms with E-state index in [0.29, 0.717) is 11.2 Å². The number of nitrogens with zero attached hydrogens (tertiary/aromatic N) is 5. The summed E-state index contributed by atoms with van der Waals surface area (Å²) < 4.78 is 0. The molecule has 3 rings (SSSR count). The van der Waals surface area contributed by atoms with Gasteiger partial charge in [-0.15, -0.1) is 10.2 Å². The van der Waals surface area contributed by atoms with Gasteiger partial charge in [-0.05, 0) is 6.07 Å². The van der Waals surface area contributed by atoms with Crippen LogP contribution in [0.1, 0.15) is 0 Å². The normalized spacial score (nSPS) is 10.5. The Kier molecular flexibility index (Phi) is 1.72. The lowest BCUT2D eigenvalue weighted by molar-refractivity contribution is 0.915. The summed E-state index contributed by atoms with van der Waals surface area (Å²) >= 11 is 0. The molecule has 0 saturated heterocycles. The molecule has 0 aliphatic heterocycles. The van der Waals surface area contributed by atoms with E-state index in [9.17, 15) is 0 Å². The zero-order valence-electron chi connectivity index (χ0n) is 8.05. The number of hydrogen-bond acceptors (Lipinski definition) is 5. The molecule has 0 radical (unpaired) electrons. The predicted octanol–water partition coefficient (Wildman–Crippen LogP) is 1.69. The second kappa shape index (κ2) is 3.18. The van der Waals surface area contributed by atoms with Crippen molar-refractivity contribution in [2.45, 2.75) is 0 Å². The lowest BCUT2D eigenvalue weighted by Gasteiger charge is -1.86. The van der Waals surface area contributed by atoms with Crippen molar-refractivity contribution in [2.75, 3.05) is 0 Å². The highest BCUT2D eigenvalue weighted by Gasteiger charge is 2.09. The first kappa shape index (κ1) is 8.63. The van der Waals surface area contributed by atoms with Crippen molar-refractivity contribution in [1.82, 2.24) is 25.1 Å². The lowest BCUT2D eigenvalue weighted by atomic mass is 10.2. The molecule has 76 valence electrons. The van der Waals surface area contributed by atoms with E-state index in [2.05, 4.69) is 30.2 Å². The fourth-order valence-corrected chi connectivity index (χ4v) is 1.60. The largest absolute Gasteiger partial charge is 0.357 e. The Hall–Kier alpha value is -2.66. The Labute approximate surface area is 88.8 Å². The number of para-hydroxylation sites is 1. The van der Waals surface area contributed by atoms with Crippen molar-refractivity contribution in [3.05, 3.63) is 24.3 Å². The Morgan fingerprint density at radius 2 is 2.12 bits per heavy atom. The van der Waals surface area contributed by atoms with Gasteiger partial charge in [0.25, 0.3) is 0 Å². The van der Waals surface area contributed by atoms with Gasteiger partial charge in [0, 0.05) is 10.9 Å². The number of nitrogens with one attached hydrogen (secondary N) is 2. The van der Waals surface area contributed by atoms with Crippen LogP contribution in [0.5, 0.6) is 0 Å². The number of aromatic nitrogens is 4. The van der Waals surface area contributed by atoms with Crippen LogP contribution in [0.25, 0.3) is 22.1 Å². The highest BCUT2D eigenvalue weighted by atomic mass is 15.3. The smallest absolute Gasteiger partial charge is 0.338 e. The molecule has 0 aliphatic carbocycles. The Morgan fingerprint density at radius 3 is 3.00 bits per heavy atom. The lowest BCUT2D eigenvalue weighted by Crippen LogP contribution is -1.86. The summed E-state index contributed by atoms with van der Waals surface area (Å²) in [7, 11) is 0. The molecule has 2 aromatic heterocycles. The van der Waals surface area contributed by atoms with Crippen molar-refractivity contribution in [3.8, 4) is 0 Å². The molecule has 7 heteroatoms. The van der Waals surface area contributed by atoms with Crippen LogP contribution in [0.2, 0.25) is 0 Å². The minimum atomic E-state index is 0.0778. The van der Waals surface area contributed by atoms with Gasteiger partial charge < -0.3 is 4.98 Å². The number of benzene rings is 1. The monoisotopic (exact) mass is 212 g/mol. The van der Waals surface area contributed by atoms with E-state index in [1.807, 2.05) is 24.3 Å². The second-order valence-corrected chi connectivity index (χ2v) is 3.18. The molecule has 0 bridgehead atoms. The summed E-state index contributed by atoms with van der Waals surface area (Å²) in [5, 5.41) is 12.1. The summed E-state index contributed by atoms with van der Waals surface area (Å²) in [4.78, 5) is 10.1. The van der Waals surface area contributed by atoms with Crippen molar-refractivity contribution in [2.24, 2.45) is 5.11 Å². The van der Waals surface area contributed by atoms with Crippen LogP contribution in [0, 0.1) is 5.53 Å². The molecular formula is C9H6N7+. The van der Waals surface area contributed by atoms with Gasteiger partial charge in [-0.3, -0.25) is 0 Å². The molecule has 16 heavy (non-hydrogen) atoms. The quantitative estimate of drug-likeness (QED) is 0.473. The minimum absolute atomic E-state index is 0.0778. The standard InChI is InChI=1S/C9H5N7/c10-16-15-9-12-8-7(13-14-9)5-3-1-2-4-6(5)11-8/h1-4,10H/p+1. The van der Waals surface area contributed by atoms with Gasteiger partial charge >= 0.3 is 5.95 Å². The van der Waals surface area contributed by atoms with Crippen LogP contribution in [-0.2, 0) is 0 Å². The van der Waals surface area contributed by atoms with Crippen LogP contribution in [-0.4, -0.2) is 20.2 Å². The van der Waals surface area contributed by atoms with E-state index in [-0.39, 0.29) is 5.95 Å². The summed E-state index contributed by atoms with van der Waals surface area (Å²) in [6.07, 6.45) is 0. The minimum Gasteiger partial charge on any atom is -0.338 e. The molecule has 2 heterocycles. The van der Waals surface area contributed by atoms with Gasteiger partial charge in [0.1, 0.15) is 11.0 Å². The predicted molar refractivity (Wildman–Crippen MR) is 56.1 cm³/mol. The number of hydrogen-bond donors (Lipinski definition) is 2. The van der Waals surface area contributed by atoms with Gasteiger partial charge in [0.15, 0.2) is 5.65 Å². The highest BCUT2D eigenvalue weighted by molar-refractivity contribution is 6.03. The summed E-state index contributed by atoms with van der Waals surface area (Å²) in [5.41, 5.74) is 8.83. The SMILES string of the molecule is N=[N+]=Nc1nnc2c(n1)[nH]c1ccccc12. The molecule has 0 unspecified atom stereocenters. The van der Waals surface area contributed by atoms with Crippen molar-refractivity contribution >= 4 is 28.0 Å². The third-order valence-corrected chi connectivity index (χ3v) is 2.25. The molecule has 3 aromatic rings. The van der Waals surface area contributed by atoms with Crippen LogP contribution in [0.15, 0.2) is 29.4 Å². The molecule has 0 spiro atoms. The Morgan fingerprint density at radius 1 is 1.25 bits per heavy atom. The molecule has 0 atom stereocenters. The van der Waals surface area contributed by atoms with E-state index >= 15 is 0 Å². The van der Waals surface area contributed by atoms with Crippen LogP contribution < -0.4 is 4.91 Å². The first-order valence-corrected chi connectivity index (χ1v) is 4.57. The topological polar surface area (TPSA) is 105 Å². The van der Waals surface area contributed by atoms with Gasteiger partial charge in [0.05, 0.1) is 0 Å². The molecule has 0 amide bonds. The molecule has 2 N–H and O–H groups in total. The molecule has 1 aromatic carbocycles. The zero-order valence-corrected chi connectivity index (χ0v) is 8.05. The number of aromatic amines is 1. The second-order valence-electron chi connectivity index (χ2n) is 3.18. The summed E-state index contributed by atoms with van der Waals surface area (Å²) in [6, 6.07) is 7.73. The molecular weight excluding hydrogens is 206 g/mol. The molecule has 0 saturated carbocycles. The average Bonchev–Trinajstić information content (AvgIpc) is 2.67. The van der Waals surface area contributed by atoms with Gasteiger partial charge in [-0.25, -0.2) is 0 Å². The average molecular weight is 212 g/mol. The van der Waals surface area contributed by atoms with Crippen molar-refractivity contribution in [1.29, 1.82) is 5.53 Å². The molecule has 0 fully saturated rings. The van der Waals surface area contributed by atoms with Crippen molar-refractivity contribution in [3.63, 3.8) is 0 Å². The molecule has 0 aliphatic rings. The fourth-order valence-electron chi connectivity index (χ4n) is 1.60. The maximum absolute atomic E-state index is 6.60. The third-order valence-electron chi connectivity index (χ3n) is 2.25. The van der Waals surface area contributed by atoms with Crippen LogP contribution in [0.3, 0.4) is 0 Å². The van der Waals surface area contributed by atoms with E-state index in [4.69, 9.17) is 5.53 Å². The number of rotatable bonds is 1. The van der Waals surface area contributed by atoms with Gasteiger partial charge in [-0.1, -0.05) is 18.2 Å². The van der Waals surface area contributed by atoms with Gasteiger partial charge in [-0.2, -0.15) is 4.98 Å². The fraction of sp³-hybridized carbons (Fsp3) is 0. The third kappa shape index (κ3) is 1.16. The maximum Gasteiger partial charge on any atom is 0.357 e. The van der Waals surface area contributed by atoms with E-state index in [1.54, 1.807) is 0 Å². The maximum atomic E-state index is 6.60. The van der Waals surface area contributed by atoms with Gasteiger partial charge in [0.2, 0.25) is 10.0 Å². The Bertz CT molecular complexity index is 723. The Balaban J connectivity index is 2.41. The van der Waals surface area contributed by atoms with Crippen molar-refractivity contribution < 1.29 is 0 Å². The number of fused-ring (bicyclic) bond motifs is 3. The number of H-pyrrole nitrogens is 1. The zero-order chi connectivity index (χ0) is 11.0. The van der Waals surface area contributed by atoms with Crippen LogP contribution >= 0.6 is 0 Å². The first-order chi connectivity index (χ1) is 7.88. The summed E-state index contributed by atoms with van der Waals surface area (Å²) in [5.74, 6) is 0.0778. The molecule has 7 nitrogen and oxygen atoms in total.